The van der Waals surface area contributed by atoms with Crippen molar-refractivity contribution in [2.75, 3.05) is 24.6 Å². The number of rotatable bonds is 7. The zero-order valence-corrected chi connectivity index (χ0v) is 13.6. The van der Waals surface area contributed by atoms with Gasteiger partial charge in [0, 0.05) is 6.54 Å². The maximum Gasteiger partial charge on any atom is 0.342 e. The van der Waals surface area contributed by atoms with E-state index in [2.05, 4.69) is 5.32 Å². The summed E-state index contributed by atoms with van der Waals surface area (Å²) in [5.41, 5.74) is 6.52. The molecule has 1 aromatic heterocycles. The summed E-state index contributed by atoms with van der Waals surface area (Å²) >= 11 is 2.74. The molecule has 20 heavy (non-hydrogen) atoms. The number of nitrogens with one attached hydrogen (secondary N) is 1. The molecule has 0 unspecified atom stereocenters. The van der Waals surface area contributed by atoms with Crippen molar-refractivity contribution in [2.45, 2.75) is 31.4 Å². The third-order valence-corrected chi connectivity index (χ3v) is 4.77. The molecule has 0 fully saturated rings. The molecule has 0 saturated heterocycles. The Labute approximate surface area is 127 Å². The van der Waals surface area contributed by atoms with Crippen molar-refractivity contribution in [3.63, 3.8) is 0 Å². The first kappa shape index (κ1) is 16.8. The molecule has 112 valence electrons. The minimum atomic E-state index is -0.466. The Morgan fingerprint density at radius 3 is 2.60 bits per heavy atom. The van der Waals surface area contributed by atoms with Gasteiger partial charge in [0.05, 0.1) is 16.5 Å². The molecule has 0 aliphatic rings. The Morgan fingerprint density at radius 2 is 2.05 bits per heavy atom. The quantitative estimate of drug-likeness (QED) is 0.597. The van der Waals surface area contributed by atoms with Gasteiger partial charge < -0.3 is 15.8 Å². The predicted octanol–water partition coefficient (Wildman–Crippen LogP) is 2.76. The number of carbonyl (C=O) groups is 2. The normalized spacial score (nSPS) is 10.3. The number of thiophene rings is 1. The van der Waals surface area contributed by atoms with Crippen LogP contribution in [0.3, 0.4) is 0 Å². The van der Waals surface area contributed by atoms with Gasteiger partial charge in [-0.05, 0) is 19.1 Å². The molecule has 0 aliphatic heterocycles. The van der Waals surface area contributed by atoms with E-state index >= 15 is 0 Å². The second-order valence-corrected chi connectivity index (χ2v) is 6.47. The third-order valence-electron chi connectivity index (χ3n) is 2.41. The highest BCUT2D eigenvalue weighted by molar-refractivity contribution is 8.01. The van der Waals surface area contributed by atoms with E-state index in [0.29, 0.717) is 17.0 Å². The Balaban J connectivity index is 3.12. The van der Waals surface area contributed by atoms with Crippen LogP contribution in [0.5, 0.6) is 0 Å². The second-order valence-electron chi connectivity index (χ2n) is 3.92. The van der Waals surface area contributed by atoms with Crippen LogP contribution in [0.25, 0.3) is 0 Å². The van der Waals surface area contributed by atoms with Crippen molar-refractivity contribution in [2.24, 2.45) is 0 Å². The Bertz CT molecular complexity index is 486. The average Bonchev–Trinajstić information content (AvgIpc) is 2.74. The van der Waals surface area contributed by atoms with Crippen LogP contribution in [0.2, 0.25) is 0 Å². The van der Waals surface area contributed by atoms with E-state index in [9.17, 15) is 9.59 Å². The van der Waals surface area contributed by atoms with Gasteiger partial charge in [0.1, 0.15) is 10.4 Å². The highest BCUT2D eigenvalue weighted by Crippen LogP contribution is 2.38. The first-order valence-electron chi connectivity index (χ1n) is 6.57. The van der Waals surface area contributed by atoms with Gasteiger partial charge in [0.15, 0.2) is 0 Å². The average molecular weight is 316 g/mol. The van der Waals surface area contributed by atoms with E-state index in [4.69, 9.17) is 10.5 Å². The van der Waals surface area contributed by atoms with Gasteiger partial charge in [-0.1, -0.05) is 13.8 Å². The summed E-state index contributed by atoms with van der Waals surface area (Å²) in [7, 11) is 0. The molecule has 1 heterocycles. The molecule has 7 heteroatoms. The summed E-state index contributed by atoms with van der Waals surface area (Å²) in [4.78, 5) is 24.4. The highest BCUT2D eigenvalue weighted by atomic mass is 32.2. The van der Waals surface area contributed by atoms with Crippen molar-refractivity contribution in [3.05, 3.63) is 10.4 Å². The number of nitrogen functional groups attached to an aromatic ring is 1. The largest absolute Gasteiger partial charge is 0.462 e. The smallest absolute Gasteiger partial charge is 0.342 e. The van der Waals surface area contributed by atoms with E-state index in [1.165, 1.54) is 23.1 Å². The van der Waals surface area contributed by atoms with Crippen LogP contribution in [0, 0.1) is 0 Å². The van der Waals surface area contributed by atoms with E-state index < -0.39 is 5.97 Å². The van der Waals surface area contributed by atoms with Gasteiger partial charge in [-0.3, -0.25) is 4.79 Å². The summed E-state index contributed by atoms with van der Waals surface area (Å²) in [6.07, 6.45) is 0.846. The third kappa shape index (κ3) is 3.89. The van der Waals surface area contributed by atoms with Gasteiger partial charge in [-0.25, -0.2) is 4.79 Å². The SMILES string of the molecule is CCCNC(=O)c1sc(SCC)c(C(=O)OCC)c1N. The van der Waals surface area contributed by atoms with Gasteiger partial charge >= 0.3 is 5.97 Å². The molecule has 5 nitrogen and oxygen atoms in total. The van der Waals surface area contributed by atoms with E-state index in [0.717, 1.165) is 16.4 Å². The minimum absolute atomic E-state index is 0.220. The number of ether oxygens (including phenoxy) is 1. The summed E-state index contributed by atoms with van der Waals surface area (Å²) in [5, 5.41) is 2.77. The lowest BCUT2D eigenvalue weighted by molar-refractivity contribution is 0.0524. The molecular formula is C13H20N2O3S2. The lowest BCUT2D eigenvalue weighted by atomic mass is 10.2. The van der Waals surface area contributed by atoms with Crippen LogP contribution in [0.15, 0.2) is 4.21 Å². The molecule has 1 aromatic rings. The number of carbonyl (C=O) groups excluding carboxylic acids is 2. The van der Waals surface area contributed by atoms with E-state index in [1.807, 2.05) is 13.8 Å². The lowest BCUT2D eigenvalue weighted by Crippen LogP contribution is -2.24. The van der Waals surface area contributed by atoms with E-state index in [-0.39, 0.29) is 18.2 Å². The fourth-order valence-corrected chi connectivity index (χ4v) is 3.84. The Kier molecular flexibility index (Phi) is 6.87. The Morgan fingerprint density at radius 1 is 1.35 bits per heavy atom. The molecule has 0 aromatic carbocycles. The van der Waals surface area contributed by atoms with Crippen LogP contribution in [0.4, 0.5) is 5.69 Å². The summed E-state index contributed by atoms with van der Waals surface area (Å²) < 4.78 is 5.75. The number of esters is 1. The topological polar surface area (TPSA) is 81.4 Å². The highest BCUT2D eigenvalue weighted by Gasteiger charge is 2.26. The number of anilines is 1. The van der Waals surface area contributed by atoms with Crippen molar-refractivity contribution < 1.29 is 14.3 Å². The standard InChI is InChI=1S/C13H20N2O3S2/c1-4-7-15-11(16)10-9(14)8(12(17)18-5-2)13(20-10)19-6-3/h4-7,14H2,1-3H3,(H,15,16). The first-order chi connectivity index (χ1) is 9.56. The molecule has 0 bridgehead atoms. The van der Waals surface area contributed by atoms with Crippen molar-refractivity contribution in [1.29, 1.82) is 0 Å². The maximum atomic E-state index is 12.0. The van der Waals surface area contributed by atoms with Gasteiger partial charge in [-0.2, -0.15) is 0 Å². The Hall–Kier alpha value is -1.21. The zero-order chi connectivity index (χ0) is 15.1. The maximum absolute atomic E-state index is 12.0. The van der Waals surface area contributed by atoms with Crippen LogP contribution in [-0.2, 0) is 4.74 Å². The second kappa shape index (κ2) is 8.16. The van der Waals surface area contributed by atoms with Crippen molar-refractivity contribution >= 4 is 40.7 Å². The van der Waals surface area contributed by atoms with Gasteiger partial charge in [0.25, 0.3) is 5.91 Å². The number of nitrogens with two attached hydrogens (primary N) is 1. The summed E-state index contributed by atoms with van der Waals surface area (Å²) in [6.45, 7) is 6.55. The number of hydrogen-bond donors (Lipinski definition) is 2. The monoisotopic (exact) mass is 316 g/mol. The van der Waals surface area contributed by atoms with E-state index in [1.54, 1.807) is 6.92 Å². The zero-order valence-electron chi connectivity index (χ0n) is 11.9. The number of amides is 1. The van der Waals surface area contributed by atoms with Crippen LogP contribution < -0.4 is 11.1 Å². The molecule has 1 rings (SSSR count). The van der Waals surface area contributed by atoms with Crippen LogP contribution in [0.1, 0.15) is 47.2 Å². The van der Waals surface area contributed by atoms with Crippen LogP contribution >= 0.6 is 23.1 Å². The molecule has 0 spiro atoms. The van der Waals surface area contributed by atoms with Gasteiger partial charge in [0.2, 0.25) is 0 Å². The van der Waals surface area contributed by atoms with Gasteiger partial charge in [-0.15, -0.1) is 23.1 Å². The lowest BCUT2D eigenvalue weighted by Gasteiger charge is -2.04. The predicted molar refractivity (Wildman–Crippen MR) is 83.7 cm³/mol. The van der Waals surface area contributed by atoms with Crippen molar-refractivity contribution in [1.82, 2.24) is 5.32 Å². The molecule has 0 radical (unpaired) electrons. The fourth-order valence-electron chi connectivity index (χ4n) is 1.54. The summed E-state index contributed by atoms with van der Waals surface area (Å²) in [6, 6.07) is 0. The first-order valence-corrected chi connectivity index (χ1v) is 8.37. The molecule has 3 N–H and O–H groups in total. The molecule has 0 atom stereocenters. The molecule has 0 saturated carbocycles. The van der Waals surface area contributed by atoms with Crippen molar-refractivity contribution in [3.8, 4) is 0 Å². The fraction of sp³-hybridized carbons (Fsp3) is 0.538. The minimum Gasteiger partial charge on any atom is -0.462 e. The molecular weight excluding hydrogens is 296 g/mol. The number of hydrogen-bond acceptors (Lipinski definition) is 6. The summed E-state index contributed by atoms with van der Waals surface area (Å²) in [5.74, 6) is 0.0946. The van der Waals surface area contributed by atoms with Crippen LogP contribution in [-0.4, -0.2) is 30.8 Å². The molecule has 1 amide bonds. The number of thioether (sulfide) groups is 1. The molecule has 0 aliphatic carbocycles.